The van der Waals surface area contributed by atoms with E-state index in [2.05, 4.69) is 0 Å². The number of halogens is 1. The largest absolute Gasteiger partial charge is 0.383 e. The Morgan fingerprint density at radius 2 is 2.18 bits per heavy atom. The summed E-state index contributed by atoms with van der Waals surface area (Å²) in [7, 11) is -0.362. The molecule has 0 bridgehead atoms. The molecule has 1 aromatic heterocycles. The first-order valence-electron chi connectivity index (χ1n) is 5.03. The van der Waals surface area contributed by atoms with Gasteiger partial charge < -0.3 is 4.74 Å². The number of alkyl halides is 1. The molecule has 17 heavy (non-hydrogen) atoms. The van der Waals surface area contributed by atoms with Crippen molar-refractivity contribution in [1.29, 1.82) is 0 Å². The van der Waals surface area contributed by atoms with Gasteiger partial charge in [0, 0.05) is 25.6 Å². The SMILES string of the molecule is COCC(Cl)CN(C)S(=O)(=O)c1ccc(C)s1. The summed E-state index contributed by atoms with van der Waals surface area (Å²) in [4.78, 5) is 0.969. The van der Waals surface area contributed by atoms with Crippen LogP contribution in [-0.4, -0.2) is 45.4 Å². The second-order valence-corrected chi connectivity index (χ2v) is 7.88. The fourth-order valence-electron chi connectivity index (χ4n) is 1.31. The van der Waals surface area contributed by atoms with Gasteiger partial charge in [-0.05, 0) is 19.1 Å². The molecule has 0 aliphatic heterocycles. The molecule has 1 atom stereocenters. The molecule has 1 unspecified atom stereocenters. The van der Waals surface area contributed by atoms with Gasteiger partial charge in [-0.3, -0.25) is 0 Å². The van der Waals surface area contributed by atoms with Crippen molar-refractivity contribution >= 4 is 33.0 Å². The summed E-state index contributed by atoms with van der Waals surface area (Å²) in [6.45, 7) is 2.43. The molecule has 0 spiro atoms. The lowest BCUT2D eigenvalue weighted by Crippen LogP contribution is -2.33. The summed E-state index contributed by atoms with van der Waals surface area (Å²) in [6.07, 6.45) is 0. The van der Waals surface area contributed by atoms with E-state index in [1.165, 1.54) is 29.8 Å². The molecule has 7 heteroatoms. The first-order valence-corrected chi connectivity index (χ1v) is 7.73. The molecule has 4 nitrogen and oxygen atoms in total. The van der Waals surface area contributed by atoms with Gasteiger partial charge in [0.25, 0.3) is 10.0 Å². The maximum Gasteiger partial charge on any atom is 0.252 e. The Morgan fingerprint density at radius 1 is 1.53 bits per heavy atom. The van der Waals surface area contributed by atoms with Gasteiger partial charge in [0.15, 0.2) is 0 Å². The minimum atomic E-state index is -3.42. The highest BCUT2D eigenvalue weighted by atomic mass is 35.5. The van der Waals surface area contributed by atoms with E-state index in [1.54, 1.807) is 12.1 Å². The molecule has 0 amide bonds. The number of hydrogen-bond acceptors (Lipinski definition) is 4. The molecular weight excluding hydrogens is 282 g/mol. The van der Waals surface area contributed by atoms with Crippen molar-refractivity contribution in [2.45, 2.75) is 16.5 Å². The summed E-state index contributed by atoms with van der Waals surface area (Å²) in [5.74, 6) is 0. The van der Waals surface area contributed by atoms with Crippen LogP contribution < -0.4 is 0 Å². The van der Waals surface area contributed by atoms with E-state index in [-0.39, 0.29) is 11.9 Å². The molecule has 98 valence electrons. The van der Waals surface area contributed by atoms with Gasteiger partial charge in [-0.1, -0.05) is 0 Å². The number of sulfonamides is 1. The molecule has 1 rings (SSSR count). The van der Waals surface area contributed by atoms with Gasteiger partial charge in [-0.2, -0.15) is 4.31 Å². The molecule has 0 radical (unpaired) electrons. The van der Waals surface area contributed by atoms with Crippen LogP contribution in [0.15, 0.2) is 16.3 Å². The molecule has 0 aliphatic rings. The molecule has 0 aliphatic carbocycles. The molecule has 0 fully saturated rings. The van der Waals surface area contributed by atoms with E-state index in [0.717, 1.165) is 4.88 Å². The van der Waals surface area contributed by atoms with Crippen molar-refractivity contribution in [2.24, 2.45) is 0 Å². The first kappa shape index (κ1) is 14.9. The number of rotatable bonds is 6. The standard InChI is InChI=1S/C10H16ClNO3S2/c1-8-4-5-10(16-8)17(13,14)12(2)6-9(11)7-15-3/h4-5,9H,6-7H2,1-3H3. The fraction of sp³-hybridized carbons (Fsp3) is 0.600. The second kappa shape index (κ2) is 6.15. The lowest BCUT2D eigenvalue weighted by molar-refractivity contribution is 0.192. The van der Waals surface area contributed by atoms with E-state index < -0.39 is 10.0 Å². The summed E-state index contributed by atoms with van der Waals surface area (Å²) in [5.41, 5.74) is 0. The van der Waals surface area contributed by atoms with E-state index in [1.807, 2.05) is 6.92 Å². The third-order valence-corrected chi connectivity index (χ3v) is 5.74. The van der Waals surface area contributed by atoms with Crippen LogP contribution in [0.2, 0.25) is 0 Å². The molecule has 0 N–H and O–H groups in total. The Kier molecular flexibility index (Phi) is 5.40. The Hall–Kier alpha value is -0.140. The molecule has 1 heterocycles. The lowest BCUT2D eigenvalue weighted by atomic mass is 10.4. The van der Waals surface area contributed by atoms with Crippen LogP contribution in [0.3, 0.4) is 0 Å². The lowest BCUT2D eigenvalue weighted by Gasteiger charge is -2.18. The summed E-state index contributed by atoms with van der Waals surface area (Å²) in [5, 5.41) is -0.346. The monoisotopic (exact) mass is 297 g/mol. The van der Waals surface area contributed by atoms with Crippen molar-refractivity contribution in [3.8, 4) is 0 Å². The normalized spacial score (nSPS) is 14.2. The maximum absolute atomic E-state index is 12.1. The van der Waals surface area contributed by atoms with Crippen LogP contribution in [-0.2, 0) is 14.8 Å². The van der Waals surface area contributed by atoms with Crippen LogP contribution in [0.4, 0.5) is 0 Å². The van der Waals surface area contributed by atoms with Crippen molar-refractivity contribution in [1.82, 2.24) is 4.31 Å². The highest BCUT2D eigenvalue weighted by Crippen LogP contribution is 2.23. The van der Waals surface area contributed by atoms with Crippen LogP contribution in [0.25, 0.3) is 0 Å². The number of hydrogen-bond donors (Lipinski definition) is 0. The Labute approximate surface area is 111 Å². The van der Waals surface area contributed by atoms with Gasteiger partial charge in [0.1, 0.15) is 4.21 Å². The molecule has 1 aromatic rings. The molecule has 0 saturated heterocycles. The van der Waals surface area contributed by atoms with Crippen molar-refractivity contribution < 1.29 is 13.2 Å². The Morgan fingerprint density at radius 3 is 2.65 bits per heavy atom. The topological polar surface area (TPSA) is 46.6 Å². The first-order chi connectivity index (χ1) is 7.87. The predicted molar refractivity (Wildman–Crippen MR) is 70.4 cm³/mol. The average molecular weight is 298 g/mol. The van der Waals surface area contributed by atoms with E-state index in [4.69, 9.17) is 16.3 Å². The molecule has 0 saturated carbocycles. The third kappa shape index (κ3) is 3.93. The molecule has 0 aromatic carbocycles. The van der Waals surface area contributed by atoms with Gasteiger partial charge in [0.05, 0.1) is 12.0 Å². The minimum absolute atomic E-state index is 0.231. The van der Waals surface area contributed by atoms with Crippen LogP contribution in [0, 0.1) is 6.92 Å². The van der Waals surface area contributed by atoms with Crippen molar-refractivity contribution in [3.63, 3.8) is 0 Å². The zero-order valence-corrected chi connectivity index (χ0v) is 12.4. The Bertz CT molecular complexity index is 458. The van der Waals surface area contributed by atoms with Crippen LogP contribution in [0.5, 0.6) is 0 Å². The highest BCUT2D eigenvalue weighted by molar-refractivity contribution is 7.91. The van der Waals surface area contributed by atoms with E-state index >= 15 is 0 Å². The van der Waals surface area contributed by atoms with Gasteiger partial charge in [-0.15, -0.1) is 22.9 Å². The summed E-state index contributed by atoms with van der Waals surface area (Å²) in [6, 6.07) is 3.41. The highest BCUT2D eigenvalue weighted by Gasteiger charge is 2.24. The minimum Gasteiger partial charge on any atom is -0.383 e. The number of nitrogens with zero attached hydrogens (tertiary/aromatic N) is 1. The predicted octanol–water partition coefficient (Wildman–Crippen LogP) is 1.93. The zero-order chi connectivity index (χ0) is 13.1. The average Bonchev–Trinajstić information content (AvgIpc) is 2.65. The zero-order valence-electron chi connectivity index (χ0n) is 10.0. The van der Waals surface area contributed by atoms with Gasteiger partial charge >= 0.3 is 0 Å². The van der Waals surface area contributed by atoms with Crippen molar-refractivity contribution in [3.05, 3.63) is 17.0 Å². The number of thiophene rings is 1. The number of aryl methyl sites for hydroxylation is 1. The summed E-state index contributed by atoms with van der Waals surface area (Å²) < 4.78 is 30.7. The fourth-order valence-corrected chi connectivity index (χ4v) is 4.44. The van der Waals surface area contributed by atoms with Gasteiger partial charge in [0.2, 0.25) is 0 Å². The number of methoxy groups -OCH3 is 1. The van der Waals surface area contributed by atoms with E-state index in [9.17, 15) is 8.42 Å². The number of ether oxygens (including phenoxy) is 1. The quantitative estimate of drug-likeness (QED) is 0.754. The Balaban J connectivity index is 2.77. The van der Waals surface area contributed by atoms with Crippen molar-refractivity contribution in [2.75, 3.05) is 27.3 Å². The van der Waals surface area contributed by atoms with Crippen LogP contribution in [0.1, 0.15) is 4.88 Å². The van der Waals surface area contributed by atoms with Gasteiger partial charge in [-0.25, -0.2) is 8.42 Å². The molecular formula is C10H16ClNO3S2. The summed E-state index contributed by atoms with van der Waals surface area (Å²) >= 11 is 7.21. The van der Waals surface area contributed by atoms with Crippen LogP contribution >= 0.6 is 22.9 Å². The smallest absolute Gasteiger partial charge is 0.252 e. The second-order valence-electron chi connectivity index (χ2n) is 3.70. The maximum atomic E-state index is 12.1. The van der Waals surface area contributed by atoms with E-state index in [0.29, 0.717) is 10.8 Å². The third-order valence-electron chi connectivity index (χ3n) is 2.18.